The van der Waals surface area contributed by atoms with Crippen molar-refractivity contribution < 1.29 is 4.79 Å². The van der Waals surface area contributed by atoms with Gasteiger partial charge in [0, 0.05) is 53.8 Å². The Balaban J connectivity index is 2.09. The molecular weight excluding hydrogens is 254 g/mol. The highest BCUT2D eigenvalue weighted by atomic mass is 16.1. The number of fused-ring (bicyclic) bond motifs is 1. The SMILES string of the molecule is Cn1cc(-c2cnc3[nH]cc(/C=C/C(N)=O)c3c2)cn1. The Bertz CT molecular complexity index is 812. The average Bonchev–Trinajstić information content (AvgIpc) is 3.02. The van der Waals surface area contributed by atoms with Crippen molar-refractivity contribution in [3.05, 3.63) is 42.5 Å². The number of primary amides is 1. The maximum Gasteiger partial charge on any atom is 0.241 e. The lowest BCUT2D eigenvalue weighted by atomic mass is 10.1. The molecule has 0 spiro atoms. The van der Waals surface area contributed by atoms with E-state index in [-0.39, 0.29) is 0 Å². The zero-order chi connectivity index (χ0) is 14.1. The Labute approximate surface area is 114 Å². The van der Waals surface area contributed by atoms with E-state index < -0.39 is 5.91 Å². The minimum absolute atomic E-state index is 0.476. The van der Waals surface area contributed by atoms with Crippen LogP contribution >= 0.6 is 0 Å². The van der Waals surface area contributed by atoms with Crippen molar-refractivity contribution in [2.45, 2.75) is 0 Å². The number of pyridine rings is 1. The molecule has 0 bridgehead atoms. The first-order valence-corrected chi connectivity index (χ1v) is 6.07. The first kappa shape index (κ1) is 12.2. The number of aryl methyl sites for hydroxylation is 1. The van der Waals surface area contributed by atoms with Crippen molar-refractivity contribution in [3.63, 3.8) is 0 Å². The average molecular weight is 267 g/mol. The van der Waals surface area contributed by atoms with Crippen molar-refractivity contribution in [2.24, 2.45) is 12.8 Å². The zero-order valence-electron chi connectivity index (χ0n) is 10.9. The predicted molar refractivity (Wildman–Crippen MR) is 76.5 cm³/mol. The van der Waals surface area contributed by atoms with Crippen LogP contribution in [0.15, 0.2) is 36.9 Å². The van der Waals surface area contributed by atoms with Crippen LogP contribution in [0, 0.1) is 0 Å². The maximum absolute atomic E-state index is 10.8. The van der Waals surface area contributed by atoms with E-state index in [1.54, 1.807) is 29.3 Å². The normalized spacial score (nSPS) is 11.4. The highest BCUT2D eigenvalue weighted by Gasteiger charge is 2.06. The van der Waals surface area contributed by atoms with Crippen LogP contribution in [0.2, 0.25) is 0 Å². The van der Waals surface area contributed by atoms with Gasteiger partial charge < -0.3 is 10.7 Å². The quantitative estimate of drug-likeness (QED) is 0.704. The molecule has 0 aliphatic heterocycles. The number of nitrogens with zero attached hydrogens (tertiary/aromatic N) is 3. The summed E-state index contributed by atoms with van der Waals surface area (Å²) in [7, 11) is 1.87. The van der Waals surface area contributed by atoms with Gasteiger partial charge in [-0.3, -0.25) is 9.48 Å². The summed E-state index contributed by atoms with van der Waals surface area (Å²) < 4.78 is 1.74. The van der Waals surface area contributed by atoms with Gasteiger partial charge in [-0.2, -0.15) is 5.10 Å². The highest BCUT2D eigenvalue weighted by molar-refractivity contribution is 5.95. The first-order valence-electron chi connectivity index (χ1n) is 6.07. The summed E-state index contributed by atoms with van der Waals surface area (Å²) in [6, 6.07) is 2.01. The summed E-state index contributed by atoms with van der Waals surface area (Å²) >= 11 is 0. The Morgan fingerprint density at radius 1 is 1.40 bits per heavy atom. The molecule has 0 saturated carbocycles. The van der Waals surface area contributed by atoms with E-state index in [0.29, 0.717) is 0 Å². The molecule has 0 aliphatic rings. The number of rotatable bonds is 3. The molecule has 0 atom stereocenters. The second-order valence-corrected chi connectivity index (χ2v) is 4.50. The Kier molecular flexibility index (Phi) is 2.83. The fourth-order valence-electron chi connectivity index (χ4n) is 2.06. The van der Waals surface area contributed by atoms with Crippen molar-refractivity contribution in [2.75, 3.05) is 0 Å². The number of nitrogens with one attached hydrogen (secondary N) is 1. The monoisotopic (exact) mass is 267 g/mol. The first-order chi connectivity index (χ1) is 9.63. The number of carbonyl (C=O) groups is 1. The van der Waals surface area contributed by atoms with Gasteiger partial charge in [-0.1, -0.05) is 0 Å². The Morgan fingerprint density at radius 3 is 2.95 bits per heavy atom. The summed E-state index contributed by atoms with van der Waals surface area (Å²) in [4.78, 5) is 18.3. The molecule has 1 amide bonds. The fourth-order valence-corrected chi connectivity index (χ4v) is 2.06. The second kappa shape index (κ2) is 4.65. The number of hydrogen-bond acceptors (Lipinski definition) is 3. The summed E-state index contributed by atoms with van der Waals surface area (Å²) in [6.45, 7) is 0. The van der Waals surface area contributed by atoms with Crippen LogP contribution in [0.4, 0.5) is 0 Å². The molecule has 0 radical (unpaired) electrons. The van der Waals surface area contributed by atoms with Gasteiger partial charge in [-0.05, 0) is 12.1 Å². The molecule has 0 unspecified atom stereocenters. The molecular formula is C14H13N5O. The van der Waals surface area contributed by atoms with Crippen LogP contribution < -0.4 is 5.73 Å². The lowest BCUT2D eigenvalue weighted by Crippen LogP contribution is -2.04. The van der Waals surface area contributed by atoms with Gasteiger partial charge >= 0.3 is 0 Å². The molecule has 0 aromatic carbocycles. The highest BCUT2D eigenvalue weighted by Crippen LogP contribution is 2.24. The number of carbonyl (C=O) groups excluding carboxylic acids is 1. The number of aromatic amines is 1. The van der Waals surface area contributed by atoms with Gasteiger partial charge in [0.25, 0.3) is 0 Å². The zero-order valence-corrected chi connectivity index (χ0v) is 10.9. The molecule has 3 rings (SSSR count). The van der Waals surface area contributed by atoms with Crippen LogP contribution in [-0.2, 0) is 11.8 Å². The molecule has 0 aliphatic carbocycles. The number of nitrogens with two attached hydrogens (primary N) is 1. The number of aromatic nitrogens is 4. The largest absolute Gasteiger partial charge is 0.366 e. The van der Waals surface area contributed by atoms with E-state index in [2.05, 4.69) is 15.1 Å². The van der Waals surface area contributed by atoms with E-state index in [1.165, 1.54) is 6.08 Å². The Hall–Kier alpha value is -2.89. The summed E-state index contributed by atoms with van der Waals surface area (Å²) in [5.41, 5.74) is 8.72. The minimum Gasteiger partial charge on any atom is -0.366 e. The van der Waals surface area contributed by atoms with Crippen molar-refractivity contribution >= 4 is 23.0 Å². The molecule has 20 heavy (non-hydrogen) atoms. The molecule has 0 saturated heterocycles. The summed E-state index contributed by atoms with van der Waals surface area (Å²) in [6.07, 6.45) is 10.3. The fraction of sp³-hybridized carbons (Fsp3) is 0.0714. The van der Waals surface area contributed by atoms with Crippen molar-refractivity contribution in [1.82, 2.24) is 19.7 Å². The van der Waals surface area contributed by atoms with Crippen LogP contribution in [0.25, 0.3) is 28.2 Å². The van der Waals surface area contributed by atoms with Crippen LogP contribution in [-0.4, -0.2) is 25.7 Å². The van der Waals surface area contributed by atoms with Crippen LogP contribution in [0.1, 0.15) is 5.56 Å². The molecule has 100 valence electrons. The molecule has 3 N–H and O–H groups in total. The molecule has 6 heteroatoms. The van der Waals surface area contributed by atoms with E-state index in [4.69, 9.17) is 5.73 Å². The van der Waals surface area contributed by atoms with Gasteiger partial charge in [0.1, 0.15) is 5.65 Å². The maximum atomic E-state index is 10.8. The second-order valence-electron chi connectivity index (χ2n) is 4.50. The van der Waals surface area contributed by atoms with Gasteiger partial charge in [0.05, 0.1) is 6.20 Å². The molecule has 3 aromatic heterocycles. The molecule has 3 aromatic rings. The van der Waals surface area contributed by atoms with Crippen molar-refractivity contribution in [3.8, 4) is 11.1 Å². The standard InChI is InChI=1S/C14H13N5O/c1-19-8-11(7-18-19)10-4-12-9(2-3-13(15)20)5-16-14(12)17-6-10/h2-8H,1H3,(H2,15,20)(H,16,17)/b3-2+. The number of amides is 1. The smallest absolute Gasteiger partial charge is 0.241 e. The third-order valence-corrected chi connectivity index (χ3v) is 3.03. The van der Waals surface area contributed by atoms with Crippen LogP contribution in [0.3, 0.4) is 0 Å². The van der Waals surface area contributed by atoms with Gasteiger partial charge in [0.15, 0.2) is 0 Å². The van der Waals surface area contributed by atoms with Crippen LogP contribution in [0.5, 0.6) is 0 Å². The molecule has 0 fully saturated rings. The predicted octanol–water partition coefficient (Wildman–Crippen LogP) is 1.46. The van der Waals surface area contributed by atoms with E-state index >= 15 is 0 Å². The third-order valence-electron chi connectivity index (χ3n) is 3.03. The summed E-state index contributed by atoms with van der Waals surface area (Å²) in [5, 5.41) is 5.08. The van der Waals surface area contributed by atoms with E-state index in [0.717, 1.165) is 27.7 Å². The molecule has 6 nitrogen and oxygen atoms in total. The van der Waals surface area contributed by atoms with E-state index in [1.807, 2.05) is 19.3 Å². The van der Waals surface area contributed by atoms with Crippen molar-refractivity contribution in [1.29, 1.82) is 0 Å². The number of hydrogen-bond donors (Lipinski definition) is 2. The third kappa shape index (κ3) is 2.18. The lowest BCUT2D eigenvalue weighted by Gasteiger charge is -1.98. The Morgan fingerprint density at radius 2 is 2.25 bits per heavy atom. The summed E-state index contributed by atoms with van der Waals surface area (Å²) in [5.74, 6) is -0.476. The lowest BCUT2D eigenvalue weighted by molar-refractivity contribution is -0.113. The van der Waals surface area contributed by atoms with Gasteiger partial charge in [0.2, 0.25) is 5.91 Å². The topological polar surface area (TPSA) is 89.6 Å². The molecule has 3 heterocycles. The van der Waals surface area contributed by atoms with Gasteiger partial charge in [-0.25, -0.2) is 4.98 Å². The minimum atomic E-state index is -0.476. The number of H-pyrrole nitrogens is 1. The van der Waals surface area contributed by atoms with Gasteiger partial charge in [-0.15, -0.1) is 0 Å². The van der Waals surface area contributed by atoms with E-state index in [9.17, 15) is 4.79 Å².